The minimum absolute atomic E-state index is 0.107. The molecule has 2 unspecified atom stereocenters. The summed E-state index contributed by atoms with van der Waals surface area (Å²) in [5.41, 5.74) is 0. The van der Waals surface area contributed by atoms with Crippen molar-refractivity contribution >= 4 is 5.97 Å². The van der Waals surface area contributed by atoms with Gasteiger partial charge in [-0.2, -0.15) is 0 Å². The van der Waals surface area contributed by atoms with Gasteiger partial charge in [0, 0.05) is 6.42 Å². The van der Waals surface area contributed by atoms with Crippen molar-refractivity contribution < 1.29 is 30.0 Å². The lowest BCUT2D eigenvalue weighted by molar-refractivity contribution is -0.147. The Morgan fingerprint density at radius 1 is 0.952 bits per heavy atom. The first kappa shape index (κ1) is 22.6. The molecule has 0 saturated heterocycles. The zero-order chi connectivity index (χ0) is 16.5. The molecule has 0 aliphatic heterocycles. The van der Waals surface area contributed by atoms with E-state index in [1.165, 1.54) is 12.8 Å². The van der Waals surface area contributed by atoms with Crippen molar-refractivity contribution in [2.24, 2.45) is 0 Å². The van der Waals surface area contributed by atoms with Crippen LogP contribution >= 0.6 is 0 Å². The number of ether oxygens (including phenoxy) is 1. The van der Waals surface area contributed by atoms with Gasteiger partial charge >= 0.3 is 5.97 Å². The molecule has 0 bridgehead atoms. The van der Waals surface area contributed by atoms with E-state index < -0.39 is 12.2 Å². The number of carbonyl (C=O) groups excluding carboxylic acids is 1. The van der Waals surface area contributed by atoms with E-state index >= 15 is 0 Å². The molecule has 21 heavy (non-hydrogen) atoms. The second kappa shape index (κ2) is 17.4. The third-order valence-electron chi connectivity index (χ3n) is 2.81. The highest BCUT2D eigenvalue weighted by Crippen LogP contribution is 2.05. The van der Waals surface area contributed by atoms with Crippen LogP contribution in [0.5, 0.6) is 0 Å². The maximum atomic E-state index is 11.1. The number of aliphatic hydroxyl groups is 4. The molecule has 0 aliphatic rings. The fourth-order valence-corrected chi connectivity index (χ4v) is 1.32. The van der Waals surface area contributed by atoms with E-state index in [1.54, 1.807) is 0 Å². The minimum atomic E-state index is -0.950. The maximum absolute atomic E-state index is 11.1. The SMILES string of the molecule is CCC(O)CO.CCCCCCCC(=O)OCC(O)CO. The first-order valence-corrected chi connectivity index (χ1v) is 7.75. The Hall–Kier alpha value is -0.690. The number of esters is 1. The van der Waals surface area contributed by atoms with Gasteiger partial charge in [0.05, 0.1) is 19.3 Å². The van der Waals surface area contributed by atoms with Crippen molar-refractivity contribution in [3.05, 3.63) is 0 Å². The van der Waals surface area contributed by atoms with Crippen LogP contribution in [0, 0.1) is 0 Å². The van der Waals surface area contributed by atoms with Crippen LogP contribution in [0.15, 0.2) is 0 Å². The monoisotopic (exact) mass is 308 g/mol. The van der Waals surface area contributed by atoms with Crippen molar-refractivity contribution in [2.45, 2.75) is 71.0 Å². The molecule has 128 valence electrons. The van der Waals surface area contributed by atoms with Gasteiger partial charge in [-0.3, -0.25) is 4.79 Å². The summed E-state index contributed by atoms with van der Waals surface area (Å²) < 4.78 is 4.75. The Labute approximate surface area is 127 Å². The molecule has 0 aromatic carbocycles. The smallest absolute Gasteiger partial charge is 0.305 e. The van der Waals surface area contributed by atoms with E-state index in [9.17, 15) is 4.79 Å². The van der Waals surface area contributed by atoms with E-state index in [0.29, 0.717) is 12.8 Å². The molecule has 0 spiro atoms. The van der Waals surface area contributed by atoms with Gasteiger partial charge in [0.15, 0.2) is 0 Å². The van der Waals surface area contributed by atoms with Gasteiger partial charge in [0.25, 0.3) is 0 Å². The topological polar surface area (TPSA) is 107 Å². The molecular formula is C15H32O6. The Balaban J connectivity index is 0. The summed E-state index contributed by atoms with van der Waals surface area (Å²) in [6.07, 6.45) is 5.02. The fourth-order valence-electron chi connectivity index (χ4n) is 1.32. The Kier molecular flexibility index (Phi) is 18.7. The molecule has 0 fully saturated rings. The van der Waals surface area contributed by atoms with Crippen LogP contribution in [-0.4, -0.2) is 58.4 Å². The summed E-state index contributed by atoms with van der Waals surface area (Å²) >= 11 is 0. The first-order chi connectivity index (χ1) is 10.0. The third-order valence-corrected chi connectivity index (χ3v) is 2.81. The molecule has 0 rings (SSSR count). The molecule has 0 amide bonds. The normalized spacial score (nSPS) is 13.0. The van der Waals surface area contributed by atoms with E-state index in [1.807, 2.05) is 6.92 Å². The highest BCUT2D eigenvalue weighted by Gasteiger charge is 2.07. The molecule has 0 aromatic heterocycles. The van der Waals surface area contributed by atoms with Crippen LogP contribution in [0.1, 0.15) is 58.8 Å². The van der Waals surface area contributed by atoms with Gasteiger partial charge in [0.1, 0.15) is 12.7 Å². The molecule has 0 radical (unpaired) electrons. The average molecular weight is 308 g/mol. The maximum Gasteiger partial charge on any atom is 0.305 e. The predicted molar refractivity (Wildman–Crippen MR) is 80.8 cm³/mol. The van der Waals surface area contributed by atoms with Gasteiger partial charge in [-0.15, -0.1) is 0 Å². The highest BCUT2D eigenvalue weighted by atomic mass is 16.5. The fraction of sp³-hybridized carbons (Fsp3) is 0.933. The summed E-state index contributed by atoms with van der Waals surface area (Å²) in [5, 5.41) is 33.9. The van der Waals surface area contributed by atoms with Crippen molar-refractivity contribution in [1.29, 1.82) is 0 Å². The lowest BCUT2D eigenvalue weighted by Crippen LogP contribution is -2.21. The van der Waals surface area contributed by atoms with E-state index in [4.69, 9.17) is 25.2 Å². The van der Waals surface area contributed by atoms with Crippen molar-refractivity contribution in [3.8, 4) is 0 Å². The van der Waals surface area contributed by atoms with Crippen molar-refractivity contribution in [3.63, 3.8) is 0 Å². The summed E-state index contributed by atoms with van der Waals surface area (Å²) in [7, 11) is 0. The Morgan fingerprint density at radius 2 is 1.52 bits per heavy atom. The lowest BCUT2D eigenvalue weighted by atomic mass is 10.1. The largest absolute Gasteiger partial charge is 0.463 e. The highest BCUT2D eigenvalue weighted by molar-refractivity contribution is 5.69. The predicted octanol–water partition coefficient (Wildman–Crippen LogP) is 0.993. The summed E-state index contributed by atoms with van der Waals surface area (Å²) in [6.45, 7) is 3.37. The van der Waals surface area contributed by atoms with Gasteiger partial charge in [0.2, 0.25) is 0 Å². The first-order valence-electron chi connectivity index (χ1n) is 7.75. The van der Waals surface area contributed by atoms with Crippen LogP contribution in [0.4, 0.5) is 0 Å². The molecule has 0 heterocycles. The Bertz CT molecular complexity index is 218. The number of unbranched alkanes of at least 4 members (excludes halogenated alkanes) is 4. The molecule has 6 nitrogen and oxygen atoms in total. The van der Waals surface area contributed by atoms with Crippen molar-refractivity contribution in [1.82, 2.24) is 0 Å². The Morgan fingerprint density at radius 3 is 1.95 bits per heavy atom. The summed E-state index contributed by atoms with van der Waals surface area (Å²) in [5.74, 6) is -0.293. The number of hydrogen-bond acceptors (Lipinski definition) is 6. The van der Waals surface area contributed by atoms with Crippen LogP contribution in [0.25, 0.3) is 0 Å². The van der Waals surface area contributed by atoms with E-state index in [2.05, 4.69) is 6.92 Å². The number of aliphatic hydroxyl groups excluding tert-OH is 4. The standard InChI is InChI=1S/C11H22O4.C4H10O2/c1-2-3-4-5-6-7-11(14)15-9-10(13)8-12;1-2-4(6)3-5/h10,12-13H,2-9H2,1H3;4-6H,2-3H2,1H3. The summed E-state index contributed by atoms with van der Waals surface area (Å²) in [6, 6.07) is 0. The van der Waals surface area contributed by atoms with E-state index in [-0.39, 0.29) is 25.8 Å². The van der Waals surface area contributed by atoms with Crippen LogP contribution in [0.3, 0.4) is 0 Å². The minimum Gasteiger partial charge on any atom is -0.463 e. The van der Waals surface area contributed by atoms with Gasteiger partial charge in [-0.1, -0.05) is 39.5 Å². The number of hydrogen-bond donors (Lipinski definition) is 4. The quantitative estimate of drug-likeness (QED) is 0.335. The molecule has 0 saturated carbocycles. The lowest BCUT2D eigenvalue weighted by Gasteiger charge is -2.08. The van der Waals surface area contributed by atoms with Gasteiger partial charge in [-0.25, -0.2) is 0 Å². The molecule has 6 heteroatoms. The zero-order valence-corrected chi connectivity index (χ0v) is 13.3. The summed E-state index contributed by atoms with van der Waals surface area (Å²) in [4.78, 5) is 11.1. The molecular weight excluding hydrogens is 276 g/mol. The van der Waals surface area contributed by atoms with Crippen LogP contribution in [-0.2, 0) is 9.53 Å². The van der Waals surface area contributed by atoms with Crippen molar-refractivity contribution in [2.75, 3.05) is 19.8 Å². The molecule has 2 atom stereocenters. The zero-order valence-electron chi connectivity index (χ0n) is 13.3. The molecule has 0 aliphatic carbocycles. The van der Waals surface area contributed by atoms with E-state index in [0.717, 1.165) is 19.3 Å². The molecule has 4 N–H and O–H groups in total. The number of carbonyl (C=O) groups is 1. The van der Waals surface area contributed by atoms with Crippen LogP contribution < -0.4 is 0 Å². The van der Waals surface area contributed by atoms with Gasteiger partial charge in [-0.05, 0) is 12.8 Å². The third kappa shape index (κ3) is 19.3. The number of rotatable bonds is 11. The molecule has 0 aromatic rings. The van der Waals surface area contributed by atoms with Crippen LogP contribution in [0.2, 0.25) is 0 Å². The second-order valence-corrected chi connectivity index (χ2v) is 4.93. The van der Waals surface area contributed by atoms with Gasteiger partial charge < -0.3 is 25.2 Å². The average Bonchev–Trinajstić information content (AvgIpc) is 2.52. The second-order valence-electron chi connectivity index (χ2n) is 4.93.